The summed E-state index contributed by atoms with van der Waals surface area (Å²) in [6.45, 7) is 0. The molecule has 1 aromatic heterocycles. The highest BCUT2D eigenvalue weighted by atomic mass is 79.9. The second-order valence-electron chi connectivity index (χ2n) is 4.66. The standard InChI is InChI=1S/C14H13BrN2S/c15-11-4-2-1-3-10(11)7-13-16-12(9-5-6-9)8-14(18)17-13/h1-4,8-9H,5-7H2,(H,16,17,18). The zero-order valence-corrected chi connectivity index (χ0v) is 12.2. The molecule has 0 atom stereocenters. The first-order valence-electron chi connectivity index (χ1n) is 6.06. The van der Waals surface area contributed by atoms with E-state index >= 15 is 0 Å². The normalized spacial score (nSPS) is 14.7. The van der Waals surface area contributed by atoms with Crippen molar-refractivity contribution >= 4 is 28.1 Å². The molecular formula is C14H13BrN2S. The van der Waals surface area contributed by atoms with Crippen LogP contribution in [0.15, 0.2) is 34.8 Å². The number of rotatable bonds is 3. The fourth-order valence-electron chi connectivity index (χ4n) is 2.05. The van der Waals surface area contributed by atoms with Gasteiger partial charge in [0.1, 0.15) is 10.5 Å². The number of halogens is 1. The van der Waals surface area contributed by atoms with Crippen LogP contribution in [-0.2, 0) is 6.42 Å². The molecule has 1 saturated carbocycles. The Labute approximate surface area is 120 Å². The maximum Gasteiger partial charge on any atom is 0.130 e. The summed E-state index contributed by atoms with van der Waals surface area (Å²) < 4.78 is 1.81. The van der Waals surface area contributed by atoms with Crippen molar-refractivity contribution in [1.29, 1.82) is 0 Å². The minimum absolute atomic E-state index is 0.674. The summed E-state index contributed by atoms with van der Waals surface area (Å²) in [5, 5.41) is 0. The fraction of sp³-hybridized carbons (Fsp3) is 0.286. The molecule has 0 saturated heterocycles. The van der Waals surface area contributed by atoms with Crippen molar-refractivity contribution < 1.29 is 0 Å². The molecule has 1 aliphatic carbocycles. The molecule has 0 spiro atoms. The predicted molar refractivity (Wildman–Crippen MR) is 78.3 cm³/mol. The molecule has 0 amide bonds. The predicted octanol–water partition coefficient (Wildman–Crippen LogP) is 4.37. The van der Waals surface area contributed by atoms with Crippen molar-refractivity contribution in [1.82, 2.24) is 9.97 Å². The first-order chi connectivity index (χ1) is 8.72. The van der Waals surface area contributed by atoms with Gasteiger partial charge in [-0.2, -0.15) is 0 Å². The summed E-state index contributed by atoms with van der Waals surface area (Å²) in [6.07, 6.45) is 3.32. The van der Waals surface area contributed by atoms with Gasteiger partial charge >= 0.3 is 0 Å². The van der Waals surface area contributed by atoms with E-state index in [1.54, 1.807) is 0 Å². The van der Waals surface area contributed by atoms with Crippen LogP contribution in [0.1, 0.15) is 35.8 Å². The third-order valence-electron chi connectivity index (χ3n) is 3.15. The molecule has 2 nitrogen and oxygen atoms in total. The van der Waals surface area contributed by atoms with E-state index in [0.29, 0.717) is 10.6 Å². The van der Waals surface area contributed by atoms with Gasteiger partial charge in [-0.25, -0.2) is 4.98 Å². The van der Waals surface area contributed by atoms with Crippen LogP contribution in [0.3, 0.4) is 0 Å². The van der Waals surface area contributed by atoms with Gasteiger partial charge < -0.3 is 4.98 Å². The molecule has 1 aromatic carbocycles. The Morgan fingerprint density at radius 3 is 2.83 bits per heavy atom. The molecule has 0 radical (unpaired) electrons. The number of benzene rings is 1. The lowest BCUT2D eigenvalue weighted by Gasteiger charge is -2.06. The van der Waals surface area contributed by atoms with Gasteiger partial charge in [0, 0.05) is 16.6 Å². The van der Waals surface area contributed by atoms with E-state index in [1.165, 1.54) is 24.1 Å². The van der Waals surface area contributed by atoms with Gasteiger partial charge in [-0.15, -0.1) is 0 Å². The Morgan fingerprint density at radius 2 is 2.11 bits per heavy atom. The van der Waals surface area contributed by atoms with Crippen molar-refractivity contribution in [3.8, 4) is 0 Å². The number of hydrogen-bond donors (Lipinski definition) is 1. The summed E-state index contributed by atoms with van der Waals surface area (Å²) >= 11 is 8.80. The zero-order chi connectivity index (χ0) is 12.5. The van der Waals surface area contributed by atoms with Gasteiger partial charge in [0.15, 0.2) is 0 Å². The van der Waals surface area contributed by atoms with Crippen molar-refractivity contribution in [2.45, 2.75) is 25.2 Å². The average molecular weight is 321 g/mol. The van der Waals surface area contributed by atoms with E-state index in [0.717, 1.165) is 16.7 Å². The van der Waals surface area contributed by atoms with Crippen LogP contribution < -0.4 is 0 Å². The second kappa shape index (κ2) is 4.94. The molecule has 1 fully saturated rings. The molecule has 92 valence electrons. The van der Waals surface area contributed by atoms with E-state index in [2.05, 4.69) is 38.0 Å². The monoisotopic (exact) mass is 320 g/mol. The first kappa shape index (κ1) is 12.1. The molecule has 3 rings (SSSR count). The number of aromatic amines is 1. The first-order valence-corrected chi connectivity index (χ1v) is 7.26. The lowest BCUT2D eigenvalue weighted by atomic mass is 10.1. The summed E-state index contributed by atoms with van der Waals surface area (Å²) in [7, 11) is 0. The number of hydrogen-bond acceptors (Lipinski definition) is 2. The summed E-state index contributed by atoms with van der Waals surface area (Å²) in [5.41, 5.74) is 2.47. The van der Waals surface area contributed by atoms with E-state index in [9.17, 15) is 0 Å². The molecule has 0 unspecified atom stereocenters. The van der Waals surface area contributed by atoms with Crippen molar-refractivity contribution in [3.05, 3.63) is 56.5 Å². The van der Waals surface area contributed by atoms with Crippen LogP contribution in [0.5, 0.6) is 0 Å². The average Bonchev–Trinajstić information content (AvgIpc) is 3.15. The lowest BCUT2D eigenvalue weighted by molar-refractivity contribution is 0.891. The third-order valence-corrected chi connectivity index (χ3v) is 4.13. The smallest absolute Gasteiger partial charge is 0.130 e. The lowest BCUT2D eigenvalue weighted by Crippen LogP contribution is -2.00. The minimum atomic E-state index is 0.674. The molecule has 1 N–H and O–H groups in total. The Morgan fingerprint density at radius 1 is 1.33 bits per heavy atom. The Balaban J connectivity index is 1.93. The van der Waals surface area contributed by atoms with Crippen LogP contribution in [0.25, 0.3) is 0 Å². The Bertz CT molecular complexity index is 632. The van der Waals surface area contributed by atoms with Crippen molar-refractivity contribution in [3.63, 3.8) is 0 Å². The summed E-state index contributed by atoms with van der Waals surface area (Å²) in [5.74, 6) is 1.63. The highest BCUT2D eigenvalue weighted by Gasteiger charge is 2.24. The van der Waals surface area contributed by atoms with Crippen LogP contribution in [-0.4, -0.2) is 9.97 Å². The molecule has 4 heteroatoms. The number of nitrogens with zero attached hydrogens (tertiary/aromatic N) is 1. The van der Waals surface area contributed by atoms with Crippen LogP contribution in [0, 0.1) is 4.64 Å². The highest BCUT2D eigenvalue weighted by Crippen LogP contribution is 2.38. The minimum Gasteiger partial charge on any atom is -0.347 e. The van der Waals surface area contributed by atoms with E-state index < -0.39 is 0 Å². The fourth-order valence-corrected chi connectivity index (χ4v) is 2.71. The molecule has 1 aliphatic rings. The van der Waals surface area contributed by atoms with E-state index in [-0.39, 0.29) is 0 Å². The molecule has 1 heterocycles. The molecule has 18 heavy (non-hydrogen) atoms. The topological polar surface area (TPSA) is 28.7 Å². The van der Waals surface area contributed by atoms with Gasteiger partial charge in [-0.1, -0.05) is 46.3 Å². The zero-order valence-electron chi connectivity index (χ0n) is 9.82. The Kier molecular flexibility index (Phi) is 3.31. The van der Waals surface area contributed by atoms with Crippen LogP contribution in [0.4, 0.5) is 0 Å². The number of aromatic nitrogens is 2. The molecule has 2 aromatic rings. The van der Waals surface area contributed by atoms with Gasteiger partial charge in [0.25, 0.3) is 0 Å². The maximum absolute atomic E-state index is 5.24. The van der Waals surface area contributed by atoms with Crippen molar-refractivity contribution in [2.24, 2.45) is 0 Å². The quantitative estimate of drug-likeness (QED) is 0.851. The molecule has 0 bridgehead atoms. The van der Waals surface area contributed by atoms with E-state index in [4.69, 9.17) is 12.2 Å². The largest absolute Gasteiger partial charge is 0.347 e. The summed E-state index contributed by atoms with van der Waals surface area (Å²) in [4.78, 5) is 7.84. The van der Waals surface area contributed by atoms with Gasteiger partial charge in [0.05, 0.1) is 0 Å². The molecular weight excluding hydrogens is 308 g/mol. The SMILES string of the molecule is S=c1cc(C2CC2)[nH]c(Cc2ccccc2Br)n1. The van der Waals surface area contributed by atoms with Gasteiger partial charge in [-0.3, -0.25) is 0 Å². The second-order valence-corrected chi connectivity index (χ2v) is 5.94. The van der Waals surface area contributed by atoms with Gasteiger partial charge in [0.2, 0.25) is 0 Å². The maximum atomic E-state index is 5.24. The van der Waals surface area contributed by atoms with Crippen LogP contribution >= 0.6 is 28.1 Å². The van der Waals surface area contributed by atoms with E-state index in [1.807, 2.05) is 18.2 Å². The Hall–Kier alpha value is -1.000. The van der Waals surface area contributed by atoms with Crippen molar-refractivity contribution in [2.75, 3.05) is 0 Å². The number of nitrogens with one attached hydrogen (secondary N) is 1. The molecule has 0 aliphatic heterocycles. The van der Waals surface area contributed by atoms with Gasteiger partial charge in [-0.05, 0) is 36.5 Å². The summed E-state index contributed by atoms with van der Waals surface area (Å²) in [6, 6.07) is 10.2. The number of H-pyrrole nitrogens is 1. The highest BCUT2D eigenvalue weighted by molar-refractivity contribution is 9.10. The third kappa shape index (κ3) is 2.70. The van der Waals surface area contributed by atoms with Crippen LogP contribution in [0.2, 0.25) is 0 Å².